The lowest BCUT2D eigenvalue weighted by Crippen LogP contribution is -2.32. The molecule has 130 valence electrons. The first-order chi connectivity index (χ1) is 12.0. The van der Waals surface area contributed by atoms with Crippen molar-refractivity contribution in [1.29, 1.82) is 0 Å². The largest absolute Gasteiger partial charge is 0.343 e. The summed E-state index contributed by atoms with van der Waals surface area (Å²) in [6.07, 6.45) is 0. The summed E-state index contributed by atoms with van der Waals surface area (Å²) in [6.45, 7) is 6.45. The number of benzene rings is 1. The van der Waals surface area contributed by atoms with E-state index >= 15 is 0 Å². The monoisotopic (exact) mass is 355 g/mol. The van der Waals surface area contributed by atoms with Crippen molar-refractivity contribution < 1.29 is 4.79 Å². The zero-order valence-corrected chi connectivity index (χ0v) is 15.3. The van der Waals surface area contributed by atoms with Crippen molar-refractivity contribution in [2.45, 2.75) is 33.4 Å². The number of nitrogens with zero attached hydrogens (tertiary/aromatic N) is 2. The fraction of sp³-hybridized carbons (Fsp3) is 0.316. The number of hydrogen-bond acceptors (Lipinski definition) is 4. The highest BCUT2D eigenvalue weighted by atomic mass is 32.1. The van der Waals surface area contributed by atoms with Gasteiger partial charge in [0, 0.05) is 16.8 Å². The van der Waals surface area contributed by atoms with Crippen LogP contribution < -0.4 is 10.9 Å². The molecule has 1 atom stereocenters. The summed E-state index contributed by atoms with van der Waals surface area (Å²) in [5.74, 6) is -0.0121. The van der Waals surface area contributed by atoms with Crippen LogP contribution in [-0.4, -0.2) is 15.7 Å². The van der Waals surface area contributed by atoms with Crippen molar-refractivity contribution in [3.05, 3.63) is 62.7 Å². The van der Waals surface area contributed by atoms with Crippen LogP contribution in [0.5, 0.6) is 0 Å². The van der Waals surface area contributed by atoms with E-state index in [9.17, 15) is 9.59 Å². The molecule has 0 bridgehead atoms. The van der Waals surface area contributed by atoms with Gasteiger partial charge in [-0.3, -0.25) is 9.59 Å². The number of amides is 1. The summed E-state index contributed by atoms with van der Waals surface area (Å²) >= 11 is 1.60. The maximum atomic E-state index is 12.8. The second-order valence-electron chi connectivity index (χ2n) is 6.49. The van der Waals surface area contributed by atoms with Crippen LogP contribution in [0.2, 0.25) is 0 Å². The summed E-state index contributed by atoms with van der Waals surface area (Å²) in [5, 5.41) is 10.4. The summed E-state index contributed by atoms with van der Waals surface area (Å²) in [5.41, 5.74) is 0.131. The van der Waals surface area contributed by atoms with E-state index in [0.29, 0.717) is 23.0 Å². The van der Waals surface area contributed by atoms with Gasteiger partial charge in [-0.05, 0) is 30.4 Å². The quantitative estimate of drug-likeness (QED) is 0.760. The average Bonchev–Trinajstić information content (AvgIpc) is 3.11. The third-order valence-corrected chi connectivity index (χ3v) is 4.99. The van der Waals surface area contributed by atoms with E-state index in [2.05, 4.69) is 10.4 Å². The third kappa shape index (κ3) is 3.64. The minimum atomic E-state index is -0.269. The molecule has 0 spiro atoms. The van der Waals surface area contributed by atoms with Crippen molar-refractivity contribution in [2.24, 2.45) is 5.92 Å². The molecule has 1 N–H and O–H groups in total. The molecule has 1 aromatic carbocycles. The Morgan fingerprint density at radius 1 is 1.16 bits per heavy atom. The number of thiophene rings is 1. The Labute approximate surface area is 150 Å². The summed E-state index contributed by atoms with van der Waals surface area (Å²) in [4.78, 5) is 26.5. The minimum absolute atomic E-state index is 0.112. The van der Waals surface area contributed by atoms with E-state index < -0.39 is 0 Å². The number of carbonyl (C=O) groups excluding carboxylic acids is 1. The molecule has 2 aromatic heterocycles. The van der Waals surface area contributed by atoms with E-state index in [1.807, 2.05) is 44.4 Å². The molecule has 2 heterocycles. The minimum Gasteiger partial charge on any atom is -0.343 e. The molecule has 0 aliphatic heterocycles. The standard InChI is InChI=1S/C19H21N3O2S/c1-12(2)11-22-19(24)15-8-5-4-7-14(15)17(21-22)18(23)20-13(3)16-9-6-10-25-16/h4-10,12-13H,11H2,1-3H3,(H,20,23)/t13-/m0/s1. The van der Waals surface area contributed by atoms with Crippen LogP contribution in [0.1, 0.15) is 42.2 Å². The molecule has 0 fully saturated rings. The third-order valence-electron chi connectivity index (χ3n) is 3.94. The molecule has 3 rings (SSSR count). The van der Waals surface area contributed by atoms with E-state index in [0.717, 1.165) is 4.88 Å². The predicted molar refractivity (Wildman–Crippen MR) is 101 cm³/mol. The van der Waals surface area contributed by atoms with Crippen LogP contribution in [-0.2, 0) is 6.54 Å². The summed E-state index contributed by atoms with van der Waals surface area (Å²) in [6, 6.07) is 11.0. The lowest BCUT2D eigenvalue weighted by molar-refractivity contribution is 0.0934. The van der Waals surface area contributed by atoms with Crippen LogP contribution in [0.3, 0.4) is 0 Å². The number of nitrogens with one attached hydrogen (secondary N) is 1. The van der Waals surface area contributed by atoms with Crippen molar-refractivity contribution in [2.75, 3.05) is 0 Å². The van der Waals surface area contributed by atoms with Crippen LogP contribution in [0, 0.1) is 5.92 Å². The van der Waals surface area contributed by atoms with Gasteiger partial charge in [-0.1, -0.05) is 38.1 Å². The fourth-order valence-electron chi connectivity index (χ4n) is 2.75. The van der Waals surface area contributed by atoms with E-state index in [-0.39, 0.29) is 23.4 Å². The van der Waals surface area contributed by atoms with Gasteiger partial charge >= 0.3 is 0 Å². The average molecular weight is 355 g/mol. The second kappa shape index (κ2) is 7.19. The first kappa shape index (κ1) is 17.4. The SMILES string of the molecule is CC(C)Cn1nc(C(=O)N[C@@H](C)c2cccs2)c2ccccc2c1=O. The first-order valence-corrected chi connectivity index (χ1v) is 9.19. The van der Waals surface area contributed by atoms with Crippen molar-refractivity contribution in [1.82, 2.24) is 15.1 Å². The number of rotatable bonds is 5. The first-order valence-electron chi connectivity index (χ1n) is 8.31. The Morgan fingerprint density at radius 3 is 2.52 bits per heavy atom. The Hall–Kier alpha value is -2.47. The van der Waals surface area contributed by atoms with Gasteiger partial charge in [0.05, 0.1) is 11.4 Å². The molecule has 5 nitrogen and oxygen atoms in total. The van der Waals surface area contributed by atoms with Gasteiger partial charge in [0.25, 0.3) is 11.5 Å². The number of carbonyl (C=O) groups is 1. The molecule has 0 saturated heterocycles. The topological polar surface area (TPSA) is 64.0 Å². The zero-order valence-electron chi connectivity index (χ0n) is 14.5. The summed E-state index contributed by atoms with van der Waals surface area (Å²) < 4.78 is 1.40. The number of hydrogen-bond donors (Lipinski definition) is 1. The Kier molecular flexibility index (Phi) is 4.99. The molecular formula is C19H21N3O2S. The smallest absolute Gasteiger partial charge is 0.274 e. The lowest BCUT2D eigenvalue weighted by Gasteiger charge is -2.15. The van der Waals surface area contributed by atoms with Gasteiger partial charge in [0.2, 0.25) is 0 Å². The highest BCUT2D eigenvalue weighted by Gasteiger charge is 2.19. The molecular weight excluding hydrogens is 334 g/mol. The van der Waals surface area contributed by atoms with Gasteiger partial charge in [0.1, 0.15) is 0 Å². The normalized spacial score (nSPS) is 12.5. The number of fused-ring (bicyclic) bond motifs is 1. The van der Waals surface area contributed by atoms with E-state index in [1.54, 1.807) is 29.5 Å². The molecule has 0 radical (unpaired) electrons. The Morgan fingerprint density at radius 2 is 1.88 bits per heavy atom. The van der Waals surface area contributed by atoms with Gasteiger partial charge in [0.15, 0.2) is 5.69 Å². The molecule has 0 saturated carbocycles. The van der Waals surface area contributed by atoms with Crippen molar-refractivity contribution in [3.8, 4) is 0 Å². The van der Waals surface area contributed by atoms with Crippen LogP contribution in [0.25, 0.3) is 10.8 Å². The van der Waals surface area contributed by atoms with Crippen molar-refractivity contribution >= 4 is 28.0 Å². The second-order valence-corrected chi connectivity index (χ2v) is 7.47. The molecule has 0 aliphatic rings. The molecule has 6 heteroatoms. The molecule has 0 unspecified atom stereocenters. The van der Waals surface area contributed by atoms with E-state index in [1.165, 1.54) is 4.68 Å². The van der Waals surface area contributed by atoms with E-state index in [4.69, 9.17) is 0 Å². The highest BCUT2D eigenvalue weighted by molar-refractivity contribution is 7.10. The summed E-state index contributed by atoms with van der Waals surface area (Å²) in [7, 11) is 0. The van der Waals surface area contributed by atoms with Crippen LogP contribution in [0.15, 0.2) is 46.6 Å². The van der Waals surface area contributed by atoms with Gasteiger partial charge in [-0.15, -0.1) is 11.3 Å². The lowest BCUT2D eigenvalue weighted by atomic mass is 10.1. The van der Waals surface area contributed by atoms with Gasteiger partial charge in [-0.2, -0.15) is 5.10 Å². The van der Waals surface area contributed by atoms with Crippen LogP contribution >= 0.6 is 11.3 Å². The Balaban J connectivity index is 2.03. The van der Waals surface area contributed by atoms with Gasteiger partial charge in [-0.25, -0.2) is 4.68 Å². The van der Waals surface area contributed by atoms with Gasteiger partial charge < -0.3 is 5.32 Å². The van der Waals surface area contributed by atoms with Crippen molar-refractivity contribution in [3.63, 3.8) is 0 Å². The van der Waals surface area contributed by atoms with Crippen LogP contribution in [0.4, 0.5) is 0 Å². The Bertz CT molecular complexity index is 945. The molecule has 3 aromatic rings. The fourth-order valence-corrected chi connectivity index (χ4v) is 3.48. The molecule has 1 amide bonds. The predicted octanol–water partition coefficient (Wildman–Crippen LogP) is 3.61. The maximum absolute atomic E-state index is 12.8. The maximum Gasteiger partial charge on any atom is 0.274 e. The zero-order chi connectivity index (χ0) is 18.0. The molecule has 25 heavy (non-hydrogen) atoms. The molecule has 0 aliphatic carbocycles. The highest BCUT2D eigenvalue weighted by Crippen LogP contribution is 2.20. The number of aromatic nitrogens is 2.